The van der Waals surface area contributed by atoms with Gasteiger partial charge >= 0.3 is 0 Å². The number of carbonyl (C=O) groups excluding carboxylic acids is 1. The van der Waals surface area contributed by atoms with Gasteiger partial charge in [-0.3, -0.25) is 4.79 Å². The van der Waals surface area contributed by atoms with Gasteiger partial charge in [-0.25, -0.2) is 13.9 Å². The smallest absolute Gasteiger partial charge is 0.228 e. The maximum absolute atomic E-state index is 15.8. The fourth-order valence-electron chi connectivity index (χ4n) is 6.78. The molecule has 0 unspecified atom stereocenters. The maximum atomic E-state index is 15.8. The van der Waals surface area contributed by atoms with Crippen molar-refractivity contribution in [3.8, 4) is 17.3 Å². The number of aromatic nitrogens is 3. The van der Waals surface area contributed by atoms with E-state index in [-0.39, 0.29) is 29.3 Å². The summed E-state index contributed by atoms with van der Waals surface area (Å²) in [5.74, 6) is -0.229. The number of ether oxygens (including phenoxy) is 1. The highest BCUT2D eigenvalue weighted by Gasteiger charge is 2.54. The van der Waals surface area contributed by atoms with E-state index in [4.69, 9.17) is 16.2 Å². The summed E-state index contributed by atoms with van der Waals surface area (Å²) in [6.07, 6.45) is 2.48. The molecule has 43 heavy (non-hydrogen) atoms. The summed E-state index contributed by atoms with van der Waals surface area (Å²) in [5, 5.41) is 15.3. The molecule has 3 saturated heterocycles. The normalized spacial score (nSPS) is 21.1. The maximum Gasteiger partial charge on any atom is 0.228 e. The number of likely N-dealkylation sites (tertiary alicyclic amines) is 1. The fraction of sp³-hybridized carbons (Fsp3) is 0.438. The lowest BCUT2D eigenvalue weighted by molar-refractivity contribution is -0.149. The second kappa shape index (κ2) is 9.76. The molecule has 8 rings (SSSR count). The van der Waals surface area contributed by atoms with Crippen molar-refractivity contribution in [2.75, 3.05) is 56.2 Å². The van der Waals surface area contributed by atoms with Crippen molar-refractivity contribution < 1.29 is 15.3 Å². The molecule has 4 aromatic rings. The Morgan fingerprint density at radius 2 is 2.00 bits per heavy atom. The van der Waals surface area contributed by atoms with E-state index in [1.54, 1.807) is 0 Å². The molecule has 4 fully saturated rings. The minimum absolute atomic E-state index is 0.0319. The van der Waals surface area contributed by atoms with Crippen molar-refractivity contribution in [3.63, 3.8) is 0 Å². The lowest BCUT2D eigenvalue weighted by atomic mass is 9.72. The van der Waals surface area contributed by atoms with Crippen molar-refractivity contribution in [2.45, 2.75) is 32.1 Å². The molecule has 220 valence electrons. The van der Waals surface area contributed by atoms with E-state index >= 15 is 4.39 Å². The number of fused-ring (bicyclic) bond motifs is 1. The molecule has 0 N–H and O–H groups in total. The average Bonchev–Trinajstić information content (AvgIpc) is 3.36. The molecule has 3 aromatic heterocycles. The Hall–Kier alpha value is -4.01. The molecule has 0 radical (unpaired) electrons. The number of carbonyl (C=O) groups is 1. The Kier molecular flexibility index (Phi) is 5.78. The molecule has 1 aromatic carbocycles. The first kappa shape index (κ1) is 25.5. The van der Waals surface area contributed by atoms with Gasteiger partial charge in [0.1, 0.15) is 16.6 Å². The van der Waals surface area contributed by atoms with Gasteiger partial charge in [0, 0.05) is 56.7 Å². The fourth-order valence-corrected chi connectivity index (χ4v) is 7.63. The first-order valence-electron chi connectivity index (χ1n) is 15.3. The molecule has 6 heterocycles. The van der Waals surface area contributed by atoms with Crippen LogP contribution in [0.2, 0.25) is 0 Å². The van der Waals surface area contributed by atoms with Gasteiger partial charge < -0.3 is 19.4 Å². The molecule has 1 saturated carbocycles. The third kappa shape index (κ3) is 4.38. The molecule has 1 aliphatic carbocycles. The van der Waals surface area contributed by atoms with E-state index in [0.717, 1.165) is 41.8 Å². The molecule has 0 bridgehead atoms. The van der Waals surface area contributed by atoms with Crippen LogP contribution < -0.4 is 9.80 Å². The number of halogens is 1. The van der Waals surface area contributed by atoms with Crippen molar-refractivity contribution in [3.05, 3.63) is 58.5 Å². The highest BCUT2D eigenvalue weighted by Crippen LogP contribution is 2.49. The zero-order valence-electron chi connectivity index (χ0n) is 25.1. The lowest BCUT2D eigenvalue weighted by Gasteiger charge is -2.61. The summed E-state index contributed by atoms with van der Waals surface area (Å²) in [5.41, 5.74) is 5.27. The van der Waals surface area contributed by atoms with Crippen molar-refractivity contribution in [1.29, 1.82) is 5.26 Å². The number of pyridine rings is 1. The van der Waals surface area contributed by atoms with Gasteiger partial charge in [0.2, 0.25) is 5.91 Å². The summed E-state index contributed by atoms with van der Waals surface area (Å²) in [6.45, 7) is 5.79. The minimum Gasteiger partial charge on any atom is -0.381 e. The highest BCUT2D eigenvalue weighted by molar-refractivity contribution is 7.16. The van der Waals surface area contributed by atoms with E-state index in [2.05, 4.69) is 6.07 Å². The van der Waals surface area contributed by atoms with Crippen LogP contribution in [0.4, 0.5) is 20.9 Å². The number of benzene rings is 1. The Morgan fingerprint density at radius 3 is 2.67 bits per heavy atom. The number of rotatable bonds is 6. The molecule has 1 atom stereocenters. The first-order valence-corrected chi connectivity index (χ1v) is 15.6. The summed E-state index contributed by atoms with van der Waals surface area (Å²) in [6, 6.07) is 12.1. The van der Waals surface area contributed by atoms with Gasteiger partial charge in [-0.15, -0.1) is 0 Å². The van der Waals surface area contributed by atoms with Crippen LogP contribution in [-0.4, -0.2) is 71.8 Å². The number of hydrogen-bond donors (Lipinski definition) is 0. The van der Waals surface area contributed by atoms with E-state index in [1.165, 1.54) is 15.9 Å². The minimum atomic E-state index is -0.593. The molecule has 9 nitrogen and oxygen atoms in total. The van der Waals surface area contributed by atoms with E-state index in [0.29, 0.717) is 66.3 Å². The Bertz CT molecular complexity index is 1840. The lowest BCUT2D eigenvalue weighted by Crippen LogP contribution is -2.73. The van der Waals surface area contributed by atoms with Gasteiger partial charge in [-0.1, -0.05) is 41.2 Å². The summed E-state index contributed by atoms with van der Waals surface area (Å²) in [4.78, 5) is 24.0. The van der Waals surface area contributed by atoms with Crippen molar-refractivity contribution in [2.24, 2.45) is 11.3 Å². The SMILES string of the molecule is [2H]c1c(F)c(N2CC3(CN(C(=O)[C@H]4CCOC4)C3)C2)cc2c(N(C)c3nc(-c4ccc(C)cc4)c(C#N)s3)c(C3CC3)nn12. The van der Waals surface area contributed by atoms with Crippen LogP contribution in [0.15, 0.2) is 36.5 Å². The first-order chi connectivity index (χ1) is 21.2. The van der Waals surface area contributed by atoms with E-state index in [9.17, 15) is 10.1 Å². The Morgan fingerprint density at radius 1 is 1.23 bits per heavy atom. The second-order valence-electron chi connectivity index (χ2n) is 12.6. The predicted octanol–water partition coefficient (Wildman–Crippen LogP) is 5.11. The molecular formula is C32H32FN7O2S. The van der Waals surface area contributed by atoms with Crippen LogP contribution >= 0.6 is 11.3 Å². The topological polar surface area (TPSA) is 90.0 Å². The average molecular weight is 599 g/mol. The molecule has 4 aliphatic rings. The van der Waals surface area contributed by atoms with Crippen LogP contribution in [-0.2, 0) is 9.53 Å². The van der Waals surface area contributed by atoms with Crippen molar-refractivity contribution >= 4 is 39.3 Å². The van der Waals surface area contributed by atoms with Crippen LogP contribution in [0.5, 0.6) is 0 Å². The van der Waals surface area contributed by atoms with Gasteiger partial charge in [0.15, 0.2) is 10.9 Å². The van der Waals surface area contributed by atoms with Crippen LogP contribution in [0, 0.1) is 35.4 Å². The van der Waals surface area contributed by atoms with Gasteiger partial charge in [-0.05, 0) is 32.3 Å². The number of hydrogen-bond acceptors (Lipinski definition) is 8. The molecule has 3 aliphatic heterocycles. The summed E-state index contributed by atoms with van der Waals surface area (Å²) in [7, 11) is 1.91. The Balaban J connectivity index is 1.11. The number of thiazole rings is 1. The van der Waals surface area contributed by atoms with Crippen LogP contribution in [0.3, 0.4) is 0 Å². The zero-order valence-corrected chi connectivity index (χ0v) is 25.0. The van der Waals surface area contributed by atoms with Crippen LogP contribution in [0.1, 0.15) is 42.7 Å². The van der Waals surface area contributed by atoms with Gasteiger partial charge in [-0.2, -0.15) is 10.4 Å². The number of anilines is 3. The molecule has 1 spiro atoms. The standard InChI is InChI=1S/C32H32FN7O2S/c1-19-3-5-20(6-4-19)27-26(12-34)43-31(35-27)37(2)29-25-11-24(23(33)13-40(25)36-28(29)21-7-8-21)38-15-32(16-38)17-39(18-32)30(41)22-9-10-42-14-22/h3-6,11,13,21-22H,7-10,14-18H2,1-2H3/t22-/m0/s1/i13D. The zero-order chi connectivity index (χ0) is 30.3. The molecule has 1 amide bonds. The predicted molar refractivity (Wildman–Crippen MR) is 162 cm³/mol. The number of nitriles is 1. The van der Waals surface area contributed by atoms with Crippen LogP contribution in [0.25, 0.3) is 16.8 Å². The molecular weight excluding hydrogens is 565 g/mol. The number of aryl methyl sites for hydroxylation is 1. The number of amides is 1. The number of nitrogens with zero attached hydrogens (tertiary/aromatic N) is 7. The van der Waals surface area contributed by atoms with E-state index < -0.39 is 5.82 Å². The van der Waals surface area contributed by atoms with Crippen molar-refractivity contribution in [1.82, 2.24) is 19.5 Å². The monoisotopic (exact) mass is 598 g/mol. The van der Waals surface area contributed by atoms with Gasteiger partial charge in [0.05, 0.1) is 42.7 Å². The van der Waals surface area contributed by atoms with E-state index in [1.807, 2.05) is 59.0 Å². The molecule has 11 heteroatoms. The second-order valence-corrected chi connectivity index (χ2v) is 13.6. The van der Waals surface area contributed by atoms with Gasteiger partial charge in [0.25, 0.3) is 0 Å². The Labute approximate surface area is 254 Å². The quantitative estimate of drug-likeness (QED) is 0.305. The highest BCUT2D eigenvalue weighted by atomic mass is 32.1. The summed E-state index contributed by atoms with van der Waals surface area (Å²) >= 11 is 1.31. The third-order valence-corrected chi connectivity index (χ3v) is 10.3. The summed E-state index contributed by atoms with van der Waals surface area (Å²) < 4.78 is 31.3. The largest absolute Gasteiger partial charge is 0.381 e. The third-order valence-electron chi connectivity index (χ3n) is 9.29.